The largest absolute Gasteiger partial charge is 0.476 e. The van der Waals surface area contributed by atoms with Crippen molar-refractivity contribution in [1.82, 2.24) is 10.3 Å². The first-order chi connectivity index (χ1) is 9.58. The molecule has 1 aliphatic carbocycles. The zero-order chi connectivity index (χ0) is 15.8. The monoisotopic (exact) mass is 310 g/mol. The van der Waals surface area contributed by atoms with Crippen molar-refractivity contribution in [3.05, 3.63) is 16.1 Å². The van der Waals surface area contributed by atoms with E-state index in [1.54, 1.807) is 0 Å². The summed E-state index contributed by atoms with van der Waals surface area (Å²) in [6.45, 7) is 8.88. The third kappa shape index (κ3) is 4.03. The van der Waals surface area contributed by atoms with Crippen molar-refractivity contribution in [2.24, 2.45) is 10.8 Å². The summed E-state index contributed by atoms with van der Waals surface area (Å²) in [6, 6.07) is 0.103. The molecule has 1 aliphatic rings. The second-order valence-corrected chi connectivity index (χ2v) is 8.28. The van der Waals surface area contributed by atoms with Crippen LogP contribution in [0.4, 0.5) is 0 Å². The molecule has 1 fully saturated rings. The van der Waals surface area contributed by atoms with Gasteiger partial charge in [-0.2, -0.15) is 0 Å². The van der Waals surface area contributed by atoms with Crippen molar-refractivity contribution in [3.63, 3.8) is 0 Å². The first-order valence-corrected chi connectivity index (χ1v) is 7.96. The highest BCUT2D eigenvalue weighted by Crippen LogP contribution is 2.45. The lowest BCUT2D eigenvalue weighted by Crippen LogP contribution is -2.46. The molecular formula is C15H22N2O3S. The highest BCUT2D eigenvalue weighted by atomic mass is 32.1. The Morgan fingerprint density at radius 2 is 1.86 bits per heavy atom. The lowest BCUT2D eigenvalue weighted by molar-refractivity contribution is 0.0696. The number of carbonyl (C=O) groups is 2. The van der Waals surface area contributed by atoms with E-state index in [0.29, 0.717) is 0 Å². The third-order valence-electron chi connectivity index (χ3n) is 3.81. The molecule has 5 nitrogen and oxygen atoms in total. The molecule has 2 rings (SSSR count). The van der Waals surface area contributed by atoms with E-state index in [9.17, 15) is 9.59 Å². The highest BCUT2D eigenvalue weighted by Gasteiger charge is 2.39. The molecule has 0 aromatic carbocycles. The molecule has 0 atom stereocenters. The number of aromatic nitrogens is 1. The normalized spacial score (nSPS) is 21.0. The van der Waals surface area contributed by atoms with Crippen LogP contribution in [0.2, 0.25) is 0 Å². The van der Waals surface area contributed by atoms with Gasteiger partial charge in [-0.15, -0.1) is 11.3 Å². The molecule has 0 radical (unpaired) electrons. The average Bonchev–Trinajstić information content (AvgIpc) is 2.72. The number of hydrogen-bond acceptors (Lipinski definition) is 4. The molecule has 1 aromatic heterocycles. The van der Waals surface area contributed by atoms with Gasteiger partial charge in [-0.05, 0) is 30.1 Å². The molecule has 116 valence electrons. The predicted molar refractivity (Wildman–Crippen MR) is 81.7 cm³/mol. The molecule has 0 spiro atoms. The van der Waals surface area contributed by atoms with Crippen LogP contribution in [0.25, 0.3) is 0 Å². The van der Waals surface area contributed by atoms with Gasteiger partial charge in [-0.3, -0.25) is 4.79 Å². The van der Waals surface area contributed by atoms with Gasteiger partial charge in [0, 0.05) is 11.4 Å². The van der Waals surface area contributed by atoms with Crippen LogP contribution in [0.3, 0.4) is 0 Å². The van der Waals surface area contributed by atoms with E-state index >= 15 is 0 Å². The van der Waals surface area contributed by atoms with E-state index < -0.39 is 5.97 Å². The van der Waals surface area contributed by atoms with Crippen molar-refractivity contribution >= 4 is 23.2 Å². The number of nitrogens with zero attached hydrogens (tertiary/aromatic N) is 1. The Labute approximate surface area is 128 Å². The molecule has 1 aromatic rings. The van der Waals surface area contributed by atoms with Crippen LogP contribution in [0, 0.1) is 10.8 Å². The highest BCUT2D eigenvalue weighted by molar-refractivity contribution is 7.11. The minimum atomic E-state index is -1.10. The lowest BCUT2D eigenvalue weighted by atomic mass is 9.63. The van der Waals surface area contributed by atoms with Crippen LogP contribution in [-0.4, -0.2) is 28.0 Å². The maximum Gasteiger partial charge on any atom is 0.365 e. The zero-order valence-electron chi connectivity index (χ0n) is 12.9. The summed E-state index contributed by atoms with van der Waals surface area (Å²) in [5, 5.41) is 13.3. The van der Waals surface area contributed by atoms with Crippen molar-refractivity contribution in [1.29, 1.82) is 0 Å². The molecule has 1 saturated carbocycles. The second-order valence-electron chi connectivity index (χ2n) is 7.43. The van der Waals surface area contributed by atoms with E-state index in [0.717, 1.165) is 30.6 Å². The summed E-state index contributed by atoms with van der Waals surface area (Å²) in [4.78, 5) is 26.9. The summed E-state index contributed by atoms with van der Waals surface area (Å²) >= 11 is 0.976. The van der Waals surface area contributed by atoms with Gasteiger partial charge in [0.05, 0.1) is 0 Å². The van der Waals surface area contributed by atoms with Crippen LogP contribution in [0.15, 0.2) is 5.38 Å². The summed E-state index contributed by atoms with van der Waals surface area (Å²) in [5.74, 6) is -1.38. The van der Waals surface area contributed by atoms with Crippen LogP contribution in [-0.2, 0) is 0 Å². The Balaban J connectivity index is 2.06. The number of thiazole rings is 1. The molecular weight excluding hydrogens is 288 g/mol. The van der Waals surface area contributed by atoms with Crippen LogP contribution >= 0.6 is 11.3 Å². The summed E-state index contributed by atoms with van der Waals surface area (Å²) in [7, 11) is 0. The minimum absolute atomic E-state index is 0.0514. The molecule has 1 heterocycles. The topological polar surface area (TPSA) is 79.3 Å². The fourth-order valence-corrected chi connectivity index (χ4v) is 4.32. The predicted octanol–water partition coefficient (Wildman–Crippen LogP) is 3.18. The van der Waals surface area contributed by atoms with Gasteiger partial charge in [-0.25, -0.2) is 9.78 Å². The molecule has 0 aliphatic heterocycles. The van der Waals surface area contributed by atoms with Gasteiger partial charge in [0.2, 0.25) is 5.01 Å². The van der Waals surface area contributed by atoms with Crippen LogP contribution < -0.4 is 5.32 Å². The number of carbonyl (C=O) groups excluding carboxylic acids is 1. The maximum atomic E-state index is 12.2. The van der Waals surface area contributed by atoms with Crippen molar-refractivity contribution in [3.8, 4) is 0 Å². The van der Waals surface area contributed by atoms with Crippen molar-refractivity contribution in [2.45, 2.75) is 53.0 Å². The third-order valence-corrected chi connectivity index (χ3v) is 4.64. The fourth-order valence-electron chi connectivity index (χ4n) is 3.68. The second kappa shape index (κ2) is 5.40. The summed E-state index contributed by atoms with van der Waals surface area (Å²) < 4.78 is 0. The smallest absolute Gasteiger partial charge is 0.365 e. The molecule has 21 heavy (non-hydrogen) atoms. The number of aromatic carboxylic acids is 1. The van der Waals surface area contributed by atoms with Gasteiger partial charge in [0.1, 0.15) is 5.69 Å². The Bertz CT molecular complexity index is 547. The first-order valence-electron chi connectivity index (χ1n) is 7.08. The van der Waals surface area contributed by atoms with E-state index in [1.165, 1.54) is 5.38 Å². The van der Waals surface area contributed by atoms with Gasteiger partial charge in [-0.1, -0.05) is 27.7 Å². The molecule has 0 saturated heterocycles. The standard InChI is InChI=1S/C15H22N2O3S/c1-14(2)5-9(6-15(3,4)8-14)16-11(18)10-7-21-12(17-10)13(19)20/h7,9H,5-6,8H2,1-4H3,(H,16,18)(H,19,20). The molecule has 0 bridgehead atoms. The number of carboxylic acid groups (broad SMARTS) is 1. The van der Waals surface area contributed by atoms with Crippen molar-refractivity contribution < 1.29 is 14.7 Å². The number of amides is 1. The van der Waals surface area contributed by atoms with E-state index in [-0.39, 0.29) is 33.5 Å². The first kappa shape index (κ1) is 15.9. The summed E-state index contributed by atoms with van der Waals surface area (Å²) in [5.41, 5.74) is 0.570. The number of hydrogen-bond donors (Lipinski definition) is 2. The summed E-state index contributed by atoms with van der Waals surface area (Å²) in [6.07, 6.45) is 2.99. The molecule has 2 N–H and O–H groups in total. The zero-order valence-corrected chi connectivity index (χ0v) is 13.7. The maximum absolute atomic E-state index is 12.2. The van der Waals surface area contributed by atoms with Gasteiger partial charge >= 0.3 is 5.97 Å². The van der Waals surface area contributed by atoms with E-state index in [4.69, 9.17) is 5.11 Å². The Kier molecular flexibility index (Phi) is 4.10. The number of carboxylic acids is 1. The van der Waals surface area contributed by atoms with Crippen LogP contribution in [0.1, 0.15) is 67.2 Å². The number of rotatable bonds is 3. The Morgan fingerprint density at radius 1 is 1.29 bits per heavy atom. The lowest BCUT2D eigenvalue weighted by Gasteiger charge is -2.45. The minimum Gasteiger partial charge on any atom is -0.476 e. The van der Waals surface area contributed by atoms with Gasteiger partial charge in [0.15, 0.2) is 0 Å². The van der Waals surface area contributed by atoms with E-state index in [2.05, 4.69) is 38.0 Å². The quantitative estimate of drug-likeness (QED) is 0.898. The average molecular weight is 310 g/mol. The molecule has 6 heteroatoms. The van der Waals surface area contributed by atoms with Crippen molar-refractivity contribution in [2.75, 3.05) is 0 Å². The molecule has 0 unspecified atom stereocenters. The Morgan fingerprint density at radius 3 is 2.33 bits per heavy atom. The van der Waals surface area contributed by atoms with Gasteiger partial charge < -0.3 is 10.4 Å². The Hall–Kier alpha value is -1.43. The number of nitrogens with one attached hydrogen (secondary N) is 1. The fraction of sp³-hybridized carbons (Fsp3) is 0.667. The van der Waals surface area contributed by atoms with E-state index in [1.807, 2.05) is 0 Å². The molecule has 1 amide bonds. The SMILES string of the molecule is CC1(C)CC(NC(=O)c2csc(C(=O)O)n2)CC(C)(C)C1. The van der Waals surface area contributed by atoms with Crippen LogP contribution in [0.5, 0.6) is 0 Å². The van der Waals surface area contributed by atoms with Gasteiger partial charge in [0.25, 0.3) is 5.91 Å².